The second kappa shape index (κ2) is 4.57. The monoisotopic (exact) mass is 289 g/mol. The Morgan fingerprint density at radius 3 is 3.00 bits per heavy atom. The number of nitrogens with one attached hydrogen (secondary N) is 1. The van der Waals surface area contributed by atoms with Crippen LogP contribution in [0.15, 0.2) is 21.2 Å². The van der Waals surface area contributed by atoms with E-state index in [2.05, 4.69) is 21.2 Å². The summed E-state index contributed by atoms with van der Waals surface area (Å²) in [5.41, 5.74) is -0.945. The Balaban J connectivity index is 1.88. The van der Waals surface area contributed by atoms with Crippen molar-refractivity contribution in [2.75, 3.05) is 19.8 Å². The molecule has 2 heterocycles. The van der Waals surface area contributed by atoms with Crippen molar-refractivity contribution >= 4 is 21.8 Å². The van der Waals surface area contributed by atoms with E-state index in [4.69, 9.17) is 9.15 Å². The first-order valence-corrected chi connectivity index (χ1v) is 5.72. The van der Waals surface area contributed by atoms with E-state index in [-0.39, 0.29) is 24.8 Å². The molecule has 88 valence electrons. The standard InChI is InChI=1S/C10H12BrNO4/c11-8-2-1-7(16-8)9(13)12-5-10(14)3-4-15-6-10/h1-2,14H,3-6H2,(H,12,13). The summed E-state index contributed by atoms with van der Waals surface area (Å²) < 4.78 is 10.7. The first kappa shape index (κ1) is 11.6. The molecule has 1 aromatic rings. The molecule has 6 heteroatoms. The number of hydrogen-bond acceptors (Lipinski definition) is 4. The number of ether oxygens (including phenoxy) is 1. The topological polar surface area (TPSA) is 71.7 Å². The van der Waals surface area contributed by atoms with Crippen LogP contribution in [0.1, 0.15) is 17.0 Å². The quantitative estimate of drug-likeness (QED) is 0.868. The molecule has 0 aromatic carbocycles. The number of amides is 1. The molecule has 1 aliphatic rings. The summed E-state index contributed by atoms with van der Waals surface area (Å²) >= 11 is 3.11. The zero-order valence-corrected chi connectivity index (χ0v) is 10.1. The van der Waals surface area contributed by atoms with Crippen molar-refractivity contribution in [3.05, 3.63) is 22.6 Å². The lowest BCUT2D eigenvalue weighted by Gasteiger charge is -2.20. The first-order chi connectivity index (χ1) is 7.59. The van der Waals surface area contributed by atoms with Gasteiger partial charge in [0.1, 0.15) is 5.60 Å². The minimum absolute atomic E-state index is 0.171. The minimum atomic E-state index is -0.945. The molecule has 1 aromatic heterocycles. The van der Waals surface area contributed by atoms with Gasteiger partial charge < -0.3 is 19.6 Å². The minimum Gasteiger partial charge on any atom is -0.444 e. The van der Waals surface area contributed by atoms with Crippen LogP contribution >= 0.6 is 15.9 Å². The van der Waals surface area contributed by atoms with Crippen LogP contribution in [0, 0.1) is 0 Å². The molecule has 0 bridgehead atoms. The summed E-state index contributed by atoms with van der Waals surface area (Å²) in [4.78, 5) is 11.6. The highest BCUT2D eigenvalue weighted by atomic mass is 79.9. The number of carbonyl (C=O) groups is 1. The van der Waals surface area contributed by atoms with Crippen LogP contribution in [0.3, 0.4) is 0 Å². The van der Waals surface area contributed by atoms with Crippen LogP contribution in [-0.4, -0.2) is 36.4 Å². The SMILES string of the molecule is O=C(NCC1(O)CCOC1)c1ccc(Br)o1. The van der Waals surface area contributed by atoms with Crippen molar-refractivity contribution in [3.63, 3.8) is 0 Å². The van der Waals surface area contributed by atoms with Crippen LogP contribution in [0.25, 0.3) is 0 Å². The molecular weight excluding hydrogens is 278 g/mol. The molecule has 1 amide bonds. The fraction of sp³-hybridized carbons (Fsp3) is 0.500. The molecule has 0 saturated carbocycles. The molecule has 2 N–H and O–H groups in total. The number of aliphatic hydroxyl groups is 1. The van der Waals surface area contributed by atoms with Gasteiger partial charge in [-0.05, 0) is 28.1 Å². The van der Waals surface area contributed by atoms with Crippen LogP contribution in [0.4, 0.5) is 0 Å². The Labute approximate surface area is 101 Å². The van der Waals surface area contributed by atoms with E-state index in [0.717, 1.165) is 0 Å². The summed E-state index contributed by atoms with van der Waals surface area (Å²) in [5, 5.41) is 12.5. The van der Waals surface area contributed by atoms with E-state index in [1.807, 2.05) is 0 Å². The summed E-state index contributed by atoms with van der Waals surface area (Å²) in [6, 6.07) is 3.21. The molecule has 1 atom stereocenters. The van der Waals surface area contributed by atoms with E-state index in [0.29, 0.717) is 17.7 Å². The average molecular weight is 290 g/mol. The second-order valence-electron chi connectivity index (χ2n) is 3.81. The molecule has 0 aliphatic carbocycles. The number of furan rings is 1. The zero-order valence-electron chi connectivity index (χ0n) is 8.53. The predicted octanol–water partition coefficient (Wildman–Crippen LogP) is 0.923. The van der Waals surface area contributed by atoms with E-state index in [1.165, 1.54) is 0 Å². The van der Waals surface area contributed by atoms with Gasteiger partial charge in [-0.15, -0.1) is 0 Å². The summed E-state index contributed by atoms with van der Waals surface area (Å²) in [6.07, 6.45) is 0.537. The molecule has 1 fully saturated rings. The third-order valence-corrected chi connectivity index (χ3v) is 2.88. The van der Waals surface area contributed by atoms with Crippen molar-refractivity contribution in [3.8, 4) is 0 Å². The van der Waals surface area contributed by atoms with E-state index in [9.17, 15) is 9.90 Å². The lowest BCUT2D eigenvalue weighted by Crippen LogP contribution is -2.43. The number of hydrogen-bond donors (Lipinski definition) is 2. The van der Waals surface area contributed by atoms with Gasteiger partial charge in [-0.3, -0.25) is 4.79 Å². The van der Waals surface area contributed by atoms with Crippen molar-refractivity contribution in [2.45, 2.75) is 12.0 Å². The van der Waals surface area contributed by atoms with Gasteiger partial charge in [0.25, 0.3) is 5.91 Å². The summed E-state index contributed by atoms with van der Waals surface area (Å²) in [5.74, 6) is -0.125. The maximum Gasteiger partial charge on any atom is 0.287 e. The average Bonchev–Trinajstić information content (AvgIpc) is 2.85. The van der Waals surface area contributed by atoms with Gasteiger partial charge in [-0.25, -0.2) is 0 Å². The third kappa shape index (κ3) is 2.63. The maximum absolute atomic E-state index is 11.6. The van der Waals surface area contributed by atoms with E-state index in [1.54, 1.807) is 12.1 Å². The molecule has 1 unspecified atom stereocenters. The third-order valence-electron chi connectivity index (χ3n) is 2.46. The van der Waals surface area contributed by atoms with Gasteiger partial charge in [0.05, 0.1) is 6.61 Å². The zero-order chi connectivity index (χ0) is 11.6. The summed E-state index contributed by atoms with van der Waals surface area (Å²) in [7, 11) is 0. The Hall–Kier alpha value is -0.850. The predicted molar refractivity (Wildman–Crippen MR) is 59.1 cm³/mol. The van der Waals surface area contributed by atoms with Gasteiger partial charge >= 0.3 is 0 Å². The lowest BCUT2D eigenvalue weighted by atomic mass is 10.0. The Bertz CT molecular complexity index is 384. The molecular formula is C10H12BrNO4. The van der Waals surface area contributed by atoms with Crippen LogP contribution in [0.2, 0.25) is 0 Å². The van der Waals surface area contributed by atoms with Gasteiger partial charge in [-0.2, -0.15) is 0 Å². The highest BCUT2D eigenvalue weighted by Gasteiger charge is 2.32. The second-order valence-corrected chi connectivity index (χ2v) is 4.59. The normalized spacial score (nSPS) is 24.6. The lowest BCUT2D eigenvalue weighted by molar-refractivity contribution is 0.0261. The van der Waals surface area contributed by atoms with E-state index < -0.39 is 5.60 Å². The highest BCUT2D eigenvalue weighted by Crippen LogP contribution is 2.18. The van der Waals surface area contributed by atoms with Crippen molar-refractivity contribution < 1.29 is 19.1 Å². The van der Waals surface area contributed by atoms with Crippen LogP contribution < -0.4 is 5.32 Å². The molecule has 16 heavy (non-hydrogen) atoms. The van der Waals surface area contributed by atoms with Crippen molar-refractivity contribution in [1.82, 2.24) is 5.32 Å². The van der Waals surface area contributed by atoms with E-state index >= 15 is 0 Å². The maximum atomic E-state index is 11.6. The van der Waals surface area contributed by atoms with Gasteiger partial charge in [-0.1, -0.05) is 0 Å². The fourth-order valence-corrected chi connectivity index (χ4v) is 1.81. The number of carbonyl (C=O) groups excluding carboxylic acids is 1. The van der Waals surface area contributed by atoms with Gasteiger partial charge in [0.15, 0.2) is 10.4 Å². The molecule has 0 spiro atoms. The smallest absolute Gasteiger partial charge is 0.287 e. The largest absolute Gasteiger partial charge is 0.444 e. The number of rotatable bonds is 3. The first-order valence-electron chi connectivity index (χ1n) is 4.93. The number of halogens is 1. The molecule has 0 radical (unpaired) electrons. The van der Waals surface area contributed by atoms with Crippen LogP contribution in [0.5, 0.6) is 0 Å². The van der Waals surface area contributed by atoms with Gasteiger partial charge in [0.2, 0.25) is 0 Å². The molecule has 2 rings (SSSR count). The fourth-order valence-electron chi connectivity index (χ4n) is 1.50. The molecule has 5 nitrogen and oxygen atoms in total. The Morgan fingerprint density at radius 1 is 1.62 bits per heavy atom. The molecule has 1 saturated heterocycles. The highest BCUT2D eigenvalue weighted by molar-refractivity contribution is 9.10. The van der Waals surface area contributed by atoms with Crippen molar-refractivity contribution in [1.29, 1.82) is 0 Å². The van der Waals surface area contributed by atoms with Crippen LogP contribution in [-0.2, 0) is 4.74 Å². The van der Waals surface area contributed by atoms with Gasteiger partial charge in [0, 0.05) is 19.6 Å². The van der Waals surface area contributed by atoms with Crippen molar-refractivity contribution in [2.24, 2.45) is 0 Å². The molecule has 1 aliphatic heterocycles. The summed E-state index contributed by atoms with van der Waals surface area (Å²) in [6.45, 7) is 0.956. The Morgan fingerprint density at radius 2 is 2.44 bits per heavy atom. The Kier molecular flexibility index (Phi) is 3.32.